The van der Waals surface area contributed by atoms with Gasteiger partial charge in [0.15, 0.2) is 0 Å². The van der Waals surface area contributed by atoms with E-state index in [0.717, 1.165) is 11.9 Å². The van der Waals surface area contributed by atoms with Crippen molar-refractivity contribution in [3.8, 4) is 0 Å². The average Bonchev–Trinajstić information content (AvgIpc) is 2.14. The fourth-order valence-electron chi connectivity index (χ4n) is 2.28. The Morgan fingerprint density at radius 3 is 2.75 bits per heavy atom. The summed E-state index contributed by atoms with van der Waals surface area (Å²) in [5.74, 6) is 0. The molecule has 0 saturated carbocycles. The summed E-state index contributed by atoms with van der Waals surface area (Å²) in [4.78, 5) is 0. The Morgan fingerprint density at radius 2 is 2.12 bits per heavy atom. The molecule has 1 aliphatic heterocycles. The number of rotatable bonds is 1. The minimum absolute atomic E-state index is 0.105. The maximum Gasteiger partial charge on any atom is 0.494 e. The van der Waals surface area contributed by atoms with Crippen molar-refractivity contribution in [2.45, 2.75) is 45.8 Å². The van der Waals surface area contributed by atoms with Gasteiger partial charge in [0.05, 0.1) is 5.60 Å². The van der Waals surface area contributed by atoms with Crippen LogP contribution in [0.1, 0.15) is 32.8 Å². The third-order valence-corrected chi connectivity index (χ3v) is 2.88. The smallest absolute Gasteiger partial charge is 0.405 e. The van der Waals surface area contributed by atoms with E-state index in [-0.39, 0.29) is 18.8 Å². The highest BCUT2D eigenvalue weighted by atomic mass is 16.6. The molecule has 0 aliphatic carbocycles. The van der Waals surface area contributed by atoms with Crippen molar-refractivity contribution in [1.82, 2.24) is 0 Å². The highest BCUT2D eigenvalue weighted by molar-refractivity contribution is 6.61. The predicted octanol–water partition coefficient (Wildman–Crippen LogP) is 2.29. The van der Waals surface area contributed by atoms with Gasteiger partial charge in [0.25, 0.3) is 0 Å². The zero-order chi connectivity index (χ0) is 11.8. The summed E-state index contributed by atoms with van der Waals surface area (Å²) < 4.78 is 11.8. The van der Waals surface area contributed by atoms with Gasteiger partial charge in [-0.15, -0.1) is 0 Å². The third kappa shape index (κ3) is 2.66. The van der Waals surface area contributed by atoms with Crippen LogP contribution in [0.5, 0.6) is 0 Å². The average molecular weight is 218 g/mol. The van der Waals surface area contributed by atoms with Gasteiger partial charge in [0.2, 0.25) is 0 Å². The van der Waals surface area contributed by atoms with Gasteiger partial charge >= 0.3 is 7.12 Å². The molecule has 1 aromatic carbocycles. The maximum absolute atomic E-state index is 5.96. The van der Waals surface area contributed by atoms with Crippen molar-refractivity contribution in [2.24, 2.45) is 0 Å². The summed E-state index contributed by atoms with van der Waals surface area (Å²) in [6.45, 7) is 8.43. The number of benzene rings is 1. The summed E-state index contributed by atoms with van der Waals surface area (Å²) >= 11 is 0. The van der Waals surface area contributed by atoms with Gasteiger partial charge in [0.1, 0.15) is 0 Å². The zero-order valence-corrected chi connectivity index (χ0v) is 10.5. The number of hydrogen-bond donors (Lipinski definition) is 0. The topological polar surface area (TPSA) is 18.5 Å². The number of hydrogen-bond acceptors (Lipinski definition) is 2. The predicted molar refractivity (Wildman–Crippen MR) is 66.9 cm³/mol. The Labute approximate surface area is 98.1 Å². The molecule has 16 heavy (non-hydrogen) atoms. The van der Waals surface area contributed by atoms with Crippen LogP contribution < -0.4 is 5.46 Å². The molecule has 1 saturated heterocycles. The van der Waals surface area contributed by atoms with E-state index in [0.29, 0.717) is 0 Å². The van der Waals surface area contributed by atoms with E-state index in [9.17, 15) is 0 Å². The first kappa shape index (κ1) is 11.7. The molecule has 0 amide bonds. The number of aryl methyl sites for hydroxylation is 1. The summed E-state index contributed by atoms with van der Waals surface area (Å²) in [7, 11) is -0.223. The van der Waals surface area contributed by atoms with Gasteiger partial charge in [-0.2, -0.15) is 0 Å². The lowest BCUT2D eigenvalue weighted by Crippen LogP contribution is -2.51. The van der Waals surface area contributed by atoms with Gasteiger partial charge in [-0.1, -0.05) is 29.8 Å². The van der Waals surface area contributed by atoms with E-state index in [2.05, 4.69) is 45.9 Å². The van der Waals surface area contributed by atoms with Crippen LogP contribution in [-0.2, 0) is 9.31 Å². The molecule has 1 atom stereocenters. The summed E-state index contributed by atoms with van der Waals surface area (Å²) in [6.07, 6.45) is 1.18. The first-order valence-electron chi connectivity index (χ1n) is 5.86. The lowest BCUT2D eigenvalue weighted by Gasteiger charge is -2.38. The van der Waals surface area contributed by atoms with Gasteiger partial charge < -0.3 is 9.31 Å². The van der Waals surface area contributed by atoms with Crippen molar-refractivity contribution in [3.05, 3.63) is 29.8 Å². The Bertz CT molecular complexity index is 376. The molecular weight excluding hydrogens is 199 g/mol. The van der Waals surface area contributed by atoms with E-state index in [4.69, 9.17) is 9.31 Å². The molecule has 1 aromatic rings. The van der Waals surface area contributed by atoms with Crippen molar-refractivity contribution < 1.29 is 9.31 Å². The Balaban J connectivity index is 2.21. The van der Waals surface area contributed by atoms with Crippen LogP contribution in [0.15, 0.2) is 24.3 Å². The molecule has 1 fully saturated rings. The molecule has 0 N–H and O–H groups in total. The van der Waals surface area contributed by atoms with Gasteiger partial charge in [0, 0.05) is 6.10 Å². The molecule has 0 bridgehead atoms. The minimum Gasteiger partial charge on any atom is -0.405 e. The highest BCUT2D eigenvalue weighted by Gasteiger charge is 2.37. The Kier molecular flexibility index (Phi) is 3.09. The second-order valence-electron chi connectivity index (χ2n) is 5.27. The van der Waals surface area contributed by atoms with Gasteiger partial charge in [-0.05, 0) is 39.6 Å². The molecule has 0 aromatic heterocycles. The quantitative estimate of drug-likeness (QED) is 0.673. The summed E-state index contributed by atoms with van der Waals surface area (Å²) in [6, 6.07) is 8.31. The molecule has 0 radical (unpaired) electrons. The largest absolute Gasteiger partial charge is 0.494 e. The van der Waals surface area contributed by atoms with E-state index >= 15 is 0 Å². The molecule has 2 rings (SSSR count). The fourth-order valence-corrected chi connectivity index (χ4v) is 2.28. The third-order valence-electron chi connectivity index (χ3n) is 2.88. The molecule has 1 heterocycles. The minimum atomic E-state index is -0.223. The van der Waals surface area contributed by atoms with Crippen LogP contribution in [-0.4, -0.2) is 18.8 Å². The van der Waals surface area contributed by atoms with Crippen LogP contribution in [0.2, 0.25) is 0 Å². The molecule has 1 aliphatic rings. The lowest BCUT2D eigenvalue weighted by molar-refractivity contribution is -0.0229. The van der Waals surface area contributed by atoms with Crippen LogP contribution in [0.4, 0.5) is 0 Å². The SMILES string of the molecule is Cc1cccc(B2OC(C)CC(C)(C)O2)c1. The van der Waals surface area contributed by atoms with Crippen LogP contribution in [0.3, 0.4) is 0 Å². The molecular formula is C13H19BO2. The second-order valence-corrected chi connectivity index (χ2v) is 5.27. The molecule has 86 valence electrons. The Morgan fingerprint density at radius 1 is 1.38 bits per heavy atom. The monoisotopic (exact) mass is 218 g/mol. The van der Waals surface area contributed by atoms with Gasteiger partial charge in [-0.3, -0.25) is 0 Å². The van der Waals surface area contributed by atoms with Crippen molar-refractivity contribution in [3.63, 3.8) is 0 Å². The van der Waals surface area contributed by atoms with Crippen LogP contribution in [0, 0.1) is 6.92 Å². The molecule has 3 heteroatoms. The van der Waals surface area contributed by atoms with Crippen molar-refractivity contribution >= 4 is 12.6 Å². The summed E-state index contributed by atoms with van der Waals surface area (Å²) in [5.41, 5.74) is 2.24. The van der Waals surface area contributed by atoms with E-state index in [1.165, 1.54) is 5.56 Å². The lowest BCUT2D eigenvalue weighted by atomic mass is 9.74. The van der Waals surface area contributed by atoms with E-state index in [1.54, 1.807) is 0 Å². The molecule has 1 unspecified atom stereocenters. The van der Waals surface area contributed by atoms with E-state index < -0.39 is 0 Å². The van der Waals surface area contributed by atoms with Crippen LogP contribution in [0.25, 0.3) is 0 Å². The normalized spacial score (nSPS) is 24.5. The van der Waals surface area contributed by atoms with E-state index in [1.807, 2.05) is 6.07 Å². The zero-order valence-electron chi connectivity index (χ0n) is 10.5. The first-order chi connectivity index (χ1) is 7.46. The van der Waals surface area contributed by atoms with Crippen LogP contribution >= 0.6 is 0 Å². The second kappa shape index (κ2) is 4.23. The van der Waals surface area contributed by atoms with Crippen molar-refractivity contribution in [2.75, 3.05) is 0 Å². The molecule has 0 spiro atoms. The Hall–Kier alpha value is -0.795. The summed E-state index contributed by atoms with van der Waals surface area (Å²) in [5, 5.41) is 0. The van der Waals surface area contributed by atoms with Crippen molar-refractivity contribution in [1.29, 1.82) is 0 Å². The fraction of sp³-hybridized carbons (Fsp3) is 0.538. The standard InChI is InChI=1S/C13H19BO2/c1-10-6-5-7-12(8-10)14-15-11(2)9-13(3,4)16-14/h5-8,11H,9H2,1-4H3. The maximum atomic E-state index is 5.96. The van der Waals surface area contributed by atoms with Gasteiger partial charge in [-0.25, -0.2) is 0 Å². The first-order valence-corrected chi connectivity index (χ1v) is 5.86. The molecule has 2 nitrogen and oxygen atoms in total. The highest BCUT2D eigenvalue weighted by Crippen LogP contribution is 2.25.